The summed E-state index contributed by atoms with van der Waals surface area (Å²) in [6, 6.07) is 14.9. The molecule has 5 nitrogen and oxygen atoms in total. The van der Waals surface area contributed by atoms with Crippen molar-refractivity contribution in [1.82, 2.24) is 5.32 Å². The molecule has 3 rings (SSSR count). The first-order chi connectivity index (χ1) is 12.0. The Balaban J connectivity index is 1.67. The van der Waals surface area contributed by atoms with Crippen LogP contribution in [0, 0.1) is 5.92 Å². The van der Waals surface area contributed by atoms with Crippen molar-refractivity contribution in [1.29, 1.82) is 0 Å². The second-order valence-electron chi connectivity index (χ2n) is 6.27. The summed E-state index contributed by atoms with van der Waals surface area (Å²) >= 11 is 0. The van der Waals surface area contributed by atoms with Crippen LogP contribution in [0.25, 0.3) is 0 Å². The van der Waals surface area contributed by atoms with E-state index in [0.29, 0.717) is 11.1 Å². The third-order valence-corrected chi connectivity index (χ3v) is 4.25. The van der Waals surface area contributed by atoms with Crippen molar-refractivity contribution >= 4 is 17.7 Å². The average molecular weight is 337 g/mol. The van der Waals surface area contributed by atoms with Gasteiger partial charge in [-0.05, 0) is 18.4 Å². The van der Waals surface area contributed by atoms with Crippen molar-refractivity contribution in [3.05, 3.63) is 71.3 Å². The van der Waals surface area contributed by atoms with Gasteiger partial charge in [0.05, 0.1) is 0 Å². The van der Waals surface area contributed by atoms with Crippen LogP contribution in [0.1, 0.15) is 34.3 Å². The minimum atomic E-state index is -1.06. The molecule has 0 unspecified atom stereocenters. The number of carbonyl (C=O) groups is 3. The Hall–Kier alpha value is -2.95. The van der Waals surface area contributed by atoms with Crippen molar-refractivity contribution in [2.45, 2.75) is 25.3 Å². The summed E-state index contributed by atoms with van der Waals surface area (Å²) < 4.78 is 0. The van der Waals surface area contributed by atoms with Gasteiger partial charge in [-0.25, -0.2) is 4.79 Å². The van der Waals surface area contributed by atoms with Gasteiger partial charge in [0.15, 0.2) is 5.78 Å². The molecule has 0 heterocycles. The van der Waals surface area contributed by atoms with Gasteiger partial charge in [0.25, 0.3) is 0 Å². The molecular weight excluding hydrogens is 318 g/mol. The van der Waals surface area contributed by atoms with Gasteiger partial charge in [0.2, 0.25) is 5.91 Å². The summed E-state index contributed by atoms with van der Waals surface area (Å²) in [5.41, 5.74) is 1.91. The summed E-state index contributed by atoms with van der Waals surface area (Å²) in [4.78, 5) is 35.5. The fourth-order valence-electron chi connectivity index (χ4n) is 2.62. The van der Waals surface area contributed by atoms with Crippen LogP contribution in [0.4, 0.5) is 0 Å². The number of benzene rings is 2. The summed E-state index contributed by atoms with van der Waals surface area (Å²) in [6.07, 6.45) is 1.84. The van der Waals surface area contributed by atoms with Crippen LogP contribution in [0.3, 0.4) is 0 Å². The van der Waals surface area contributed by atoms with E-state index in [0.717, 1.165) is 18.4 Å². The maximum absolute atomic E-state index is 12.4. The number of carboxylic acid groups (broad SMARTS) is 1. The van der Waals surface area contributed by atoms with Crippen molar-refractivity contribution in [3.63, 3.8) is 0 Å². The highest BCUT2D eigenvalue weighted by Gasteiger charge is 2.32. The maximum Gasteiger partial charge on any atom is 0.326 e. The molecule has 25 heavy (non-hydrogen) atoms. The molecule has 1 aliphatic carbocycles. The molecule has 5 heteroatoms. The Morgan fingerprint density at radius 2 is 1.56 bits per heavy atom. The first-order valence-electron chi connectivity index (χ1n) is 8.26. The lowest BCUT2D eigenvalue weighted by atomic mass is 9.99. The standard InChI is InChI=1S/C20H19NO4/c22-18(14-4-2-1-3-5-14)15-8-6-13(7-9-15)12-17(20(24)25)21-19(23)16-10-11-16/h1-9,16-17H,10-12H2,(H,21,23)(H,24,25)/t17-/m1/s1. The van der Waals surface area contributed by atoms with Gasteiger partial charge >= 0.3 is 5.97 Å². The zero-order chi connectivity index (χ0) is 17.8. The predicted molar refractivity (Wildman–Crippen MR) is 92.3 cm³/mol. The van der Waals surface area contributed by atoms with E-state index in [1.165, 1.54) is 0 Å². The number of ketones is 1. The van der Waals surface area contributed by atoms with Gasteiger partial charge in [-0.15, -0.1) is 0 Å². The molecule has 0 saturated heterocycles. The largest absolute Gasteiger partial charge is 0.480 e. The molecule has 1 amide bonds. The molecule has 0 aromatic heterocycles. The van der Waals surface area contributed by atoms with Gasteiger partial charge < -0.3 is 10.4 Å². The molecule has 1 aliphatic rings. The summed E-state index contributed by atoms with van der Waals surface area (Å²) in [5.74, 6) is -1.36. The molecule has 0 spiro atoms. The number of nitrogens with one attached hydrogen (secondary N) is 1. The van der Waals surface area contributed by atoms with Gasteiger partial charge in [-0.2, -0.15) is 0 Å². The number of hydrogen-bond acceptors (Lipinski definition) is 3. The second-order valence-corrected chi connectivity index (χ2v) is 6.27. The summed E-state index contributed by atoms with van der Waals surface area (Å²) in [7, 11) is 0. The SMILES string of the molecule is O=C(c1ccccc1)c1ccc(C[C@@H](NC(=O)C2CC2)C(=O)O)cc1. The van der Waals surface area contributed by atoms with Crippen LogP contribution >= 0.6 is 0 Å². The Morgan fingerprint density at radius 1 is 0.960 bits per heavy atom. The third kappa shape index (κ3) is 4.32. The molecule has 1 fully saturated rings. The van der Waals surface area contributed by atoms with Crippen molar-refractivity contribution in [2.75, 3.05) is 0 Å². The molecule has 2 aromatic carbocycles. The highest BCUT2D eigenvalue weighted by atomic mass is 16.4. The first kappa shape index (κ1) is 16.9. The topological polar surface area (TPSA) is 83.5 Å². The van der Waals surface area contributed by atoms with E-state index in [-0.39, 0.29) is 24.0 Å². The average Bonchev–Trinajstić information content (AvgIpc) is 3.47. The Morgan fingerprint density at radius 3 is 2.12 bits per heavy atom. The van der Waals surface area contributed by atoms with Gasteiger partial charge in [-0.3, -0.25) is 9.59 Å². The van der Waals surface area contributed by atoms with Crippen molar-refractivity contribution in [2.24, 2.45) is 5.92 Å². The normalized spacial score (nSPS) is 14.6. The summed E-state index contributed by atoms with van der Waals surface area (Å²) in [6.45, 7) is 0. The van der Waals surface area contributed by atoms with E-state index in [2.05, 4.69) is 5.32 Å². The lowest BCUT2D eigenvalue weighted by molar-refractivity contribution is -0.142. The van der Waals surface area contributed by atoms with Gasteiger partial charge in [0, 0.05) is 23.5 Å². The van der Waals surface area contributed by atoms with E-state index in [4.69, 9.17) is 0 Å². The monoisotopic (exact) mass is 337 g/mol. The number of aliphatic carboxylic acids is 1. The fourth-order valence-corrected chi connectivity index (χ4v) is 2.62. The molecule has 128 valence electrons. The maximum atomic E-state index is 12.4. The highest BCUT2D eigenvalue weighted by Crippen LogP contribution is 2.29. The Labute approximate surface area is 145 Å². The zero-order valence-corrected chi connectivity index (χ0v) is 13.6. The highest BCUT2D eigenvalue weighted by molar-refractivity contribution is 6.08. The smallest absolute Gasteiger partial charge is 0.326 e. The minimum absolute atomic E-state index is 0.0345. The fraction of sp³-hybridized carbons (Fsp3) is 0.250. The van der Waals surface area contributed by atoms with Crippen LogP contribution in [-0.2, 0) is 16.0 Å². The lowest BCUT2D eigenvalue weighted by Gasteiger charge is -2.14. The predicted octanol–water partition coefficient (Wildman–Crippen LogP) is 2.44. The molecule has 1 saturated carbocycles. The van der Waals surface area contributed by atoms with Crippen LogP contribution in [0.2, 0.25) is 0 Å². The molecule has 2 N–H and O–H groups in total. The number of carboxylic acids is 1. The molecule has 0 radical (unpaired) electrons. The molecular formula is C20H19NO4. The number of carbonyl (C=O) groups excluding carboxylic acids is 2. The van der Waals surface area contributed by atoms with Crippen molar-refractivity contribution in [3.8, 4) is 0 Å². The quantitative estimate of drug-likeness (QED) is 0.760. The van der Waals surface area contributed by atoms with E-state index in [1.54, 1.807) is 36.4 Å². The number of amides is 1. The number of hydrogen-bond donors (Lipinski definition) is 2. The zero-order valence-electron chi connectivity index (χ0n) is 13.6. The van der Waals surface area contributed by atoms with Crippen LogP contribution in [0.15, 0.2) is 54.6 Å². The Kier molecular flexibility index (Phi) is 4.93. The molecule has 0 aliphatic heterocycles. The lowest BCUT2D eigenvalue weighted by Crippen LogP contribution is -2.43. The molecule has 0 bridgehead atoms. The van der Waals surface area contributed by atoms with E-state index in [1.807, 2.05) is 18.2 Å². The Bertz CT molecular complexity index is 779. The minimum Gasteiger partial charge on any atom is -0.480 e. The van der Waals surface area contributed by atoms with Gasteiger partial charge in [0.1, 0.15) is 6.04 Å². The van der Waals surface area contributed by atoms with Crippen LogP contribution < -0.4 is 5.32 Å². The van der Waals surface area contributed by atoms with Crippen molar-refractivity contribution < 1.29 is 19.5 Å². The molecule has 1 atom stereocenters. The second kappa shape index (κ2) is 7.30. The van der Waals surface area contributed by atoms with E-state index < -0.39 is 12.0 Å². The van der Waals surface area contributed by atoms with E-state index in [9.17, 15) is 19.5 Å². The number of rotatable bonds is 7. The molecule has 2 aromatic rings. The van der Waals surface area contributed by atoms with E-state index >= 15 is 0 Å². The van der Waals surface area contributed by atoms with Crippen LogP contribution in [-0.4, -0.2) is 28.8 Å². The first-order valence-corrected chi connectivity index (χ1v) is 8.26. The van der Waals surface area contributed by atoms with Crippen LogP contribution in [0.5, 0.6) is 0 Å². The van der Waals surface area contributed by atoms with Gasteiger partial charge in [-0.1, -0.05) is 54.6 Å². The summed E-state index contributed by atoms with van der Waals surface area (Å²) in [5, 5.41) is 11.9. The third-order valence-electron chi connectivity index (χ3n) is 4.25.